The van der Waals surface area contributed by atoms with Gasteiger partial charge >= 0.3 is 0 Å². The van der Waals surface area contributed by atoms with Crippen molar-refractivity contribution in [2.75, 3.05) is 37.7 Å². The minimum atomic E-state index is -0.114. The number of aromatic nitrogens is 4. The van der Waals surface area contributed by atoms with Crippen LogP contribution in [0, 0.1) is 18.3 Å². The van der Waals surface area contributed by atoms with Crippen LogP contribution in [-0.2, 0) is 13.1 Å². The minimum Gasteiger partial charge on any atom is -0.396 e. The SMILES string of the molecule is CCn1ccnc1CN1CC2CN(c3nnc(C)c4ccccc34)CC2(CO)C1. The first kappa shape index (κ1) is 18.5. The Hall–Kier alpha value is -2.51. The van der Waals surface area contributed by atoms with Gasteiger partial charge in [-0.1, -0.05) is 24.3 Å². The summed E-state index contributed by atoms with van der Waals surface area (Å²) in [6.07, 6.45) is 3.91. The predicted octanol–water partition coefficient (Wildman–Crippen LogP) is 2.09. The fraction of sp³-hybridized carbons (Fsp3) is 0.500. The fourth-order valence-electron chi connectivity index (χ4n) is 5.23. The molecule has 152 valence electrons. The van der Waals surface area contributed by atoms with Crippen LogP contribution < -0.4 is 4.90 Å². The summed E-state index contributed by atoms with van der Waals surface area (Å²) in [6.45, 7) is 9.70. The number of imidazole rings is 1. The number of aliphatic hydroxyl groups is 1. The summed E-state index contributed by atoms with van der Waals surface area (Å²) in [6, 6.07) is 8.35. The summed E-state index contributed by atoms with van der Waals surface area (Å²) < 4.78 is 2.19. The normalized spacial score (nSPS) is 24.5. The highest BCUT2D eigenvalue weighted by atomic mass is 16.3. The van der Waals surface area contributed by atoms with Crippen LogP contribution in [0.5, 0.6) is 0 Å². The lowest BCUT2D eigenvalue weighted by molar-refractivity contribution is 0.125. The number of rotatable bonds is 5. The Morgan fingerprint density at radius 2 is 1.97 bits per heavy atom. The van der Waals surface area contributed by atoms with E-state index < -0.39 is 0 Å². The van der Waals surface area contributed by atoms with Gasteiger partial charge < -0.3 is 14.6 Å². The molecule has 0 spiro atoms. The first-order valence-electron chi connectivity index (χ1n) is 10.4. The lowest BCUT2D eigenvalue weighted by Gasteiger charge is -2.28. The number of hydrogen-bond donors (Lipinski definition) is 1. The number of hydrogen-bond acceptors (Lipinski definition) is 6. The van der Waals surface area contributed by atoms with Crippen LogP contribution >= 0.6 is 0 Å². The van der Waals surface area contributed by atoms with Gasteiger partial charge in [-0.25, -0.2) is 4.98 Å². The van der Waals surface area contributed by atoms with Crippen LogP contribution in [0.2, 0.25) is 0 Å². The van der Waals surface area contributed by atoms with E-state index in [4.69, 9.17) is 0 Å². The van der Waals surface area contributed by atoms with Crippen molar-refractivity contribution in [3.8, 4) is 0 Å². The quantitative estimate of drug-likeness (QED) is 0.717. The molecule has 7 nitrogen and oxygen atoms in total. The Bertz CT molecular complexity index is 1030. The van der Waals surface area contributed by atoms with Crippen LogP contribution in [0.3, 0.4) is 0 Å². The topological polar surface area (TPSA) is 70.3 Å². The molecule has 1 aromatic carbocycles. The zero-order valence-corrected chi connectivity index (χ0v) is 17.1. The smallest absolute Gasteiger partial charge is 0.159 e. The third-order valence-corrected chi connectivity index (χ3v) is 6.80. The van der Waals surface area contributed by atoms with E-state index in [0.29, 0.717) is 5.92 Å². The molecule has 3 aromatic rings. The van der Waals surface area contributed by atoms with Crippen molar-refractivity contribution in [3.05, 3.63) is 48.2 Å². The molecular formula is C22H28N6O. The average Bonchev–Trinajstić information content (AvgIpc) is 3.41. The van der Waals surface area contributed by atoms with Gasteiger partial charge in [-0.05, 0) is 19.8 Å². The summed E-state index contributed by atoms with van der Waals surface area (Å²) in [7, 11) is 0. The molecule has 2 atom stereocenters. The Kier molecular flexibility index (Phi) is 4.52. The maximum absolute atomic E-state index is 10.4. The van der Waals surface area contributed by atoms with Gasteiger partial charge in [0.2, 0.25) is 0 Å². The first-order valence-corrected chi connectivity index (χ1v) is 10.4. The molecule has 0 amide bonds. The predicted molar refractivity (Wildman–Crippen MR) is 113 cm³/mol. The Morgan fingerprint density at radius 3 is 2.72 bits per heavy atom. The maximum Gasteiger partial charge on any atom is 0.159 e. The maximum atomic E-state index is 10.4. The summed E-state index contributed by atoms with van der Waals surface area (Å²) >= 11 is 0. The molecule has 2 saturated heterocycles. The molecule has 5 rings (SSSR count). The van der Waals surface area contributed by atoms with Crippen molar-refractivity contribution in [1.29, 1.82) is 0 Å². The number of aliphatic hydroxyl groups excluding tert-OH is 1. The van der Waals surface area contributed by atoms with Crippen molar-refractivity contribution in [3.63, 3.8) is 0 Å². The standard InChI is InChI=1S/C22H28N6O/c1-3-27-9-8-23-20(27)12-26-10-17-11-28(14-22(17,13-26)15-29)21-19-7-5-4-6-18(19)16(2)24-25-21/h4-9,17,29H,3,10-15H2,1-2H3. The van der Waals surface area contributed by atoms with Gasteiger partial charge in [0, 0.05) is 61.3 Å². The molecule has 2 unspecified atom stereocenters. The summed E-state index contributed by atoms with van der Waals surface area (Å²) in [4.78, 5) is 9.31. The van der Waals surface area contributed by atoms with Gasteiger partial charge in [-0.2, -0.15) is 5.10 Å². The second-order valence-corrected chi connectivity index (χ2v) is 8.55. The minimum absolute atomic E-state index is 0.114. The van der Waals surface area contributed by atoms with E-state index in [-0.39, 0.29) is 12.0 Å². The van der Waals surface area contributed by atoms with Crippen molar-refractivity contribution in [1.82, 2.24) is 24.6 Å². The van der Waals surface area contributed by atoms with Gasteiger partial charge in [0.15, 0.2) is 5.82 Å². The molecule has 2 fully saturated rings. The Balaban J connectivity index is 1.38. The van der Waals surface area contributed by atoms with Crippen LogP contribution in [0.1, 0.15) is 18.4 Å². The van der Waals surface area contributed by atoms with E-state index in [2.05, 4.69) is 54.7 Å². The molecule has 1 N–H and O–H groups in total. The molecule has 2 aliphatic heterocycles. The largest absolute Gasteiger partial charge is 0.396 e. The van der Waals surface area contributed by atoms with Crippen molar-refractivity contribution in [2.24, 2.45) is 11.3 Å². The van der Waals surface area contributed by atoms with Crippen molar-refractivity contribution < 1.29 is 5.11 Å². The van der Waals surface area contributed by atoms with Crippen LogP contribution in [-0.4, -0.2) is 62.5 Å². The zero-order chi connectivity index (χ0) is 20.0. The first-order chi connectivity index (χ1) is 14.1. The third-order valence-electron chi connectivity index (χ3n) is 6.80. The monoisotopic (exact) mass is 392 g/mol. The van der Waals surface area contributed by atoms with E-state index in [0.717, 1.165) is 67.4 Å². The number of anilines is 1. The van der Waals surface area contributed by atoms with Gasteiger partial charge in [0.1, 0.15) is 5.82 Å². The molecule has 0 bridgehead atoms. The summed E-state index contributed by atoms with van der Waals surface area (Å²) in [5.41, 5.74) is 0.843. The Morgan fingerprint density at radius 1 is 1.14 bits per heavy atom. The van der Waals surface area contributed by atoms with Crippen molar-refractivity contribution in [2.45, 2.75) is 26.9 Å². The van der Waals surface area contributed by atoms with E-state index in [9.17, 15) is 5.11 Å². The molecule has 0 radical (unpaired) electrons. The van der Waals surface area contributed by atoms with Crippen LogP contribution in [0.15, 0.2) is 36.7 Å². The lowest BCUT2D eigenvalue weighted by Crippen LogP contribution is -2.37. The van der Waals surface area contributed by atoms with Crippen molar-refractivity contribution >= 4 is 16.6 Å². The van der Waals surface area contributed by atoms with E-state index in [1.54, 1.807) is 0 Å². The Labute approximate surface area is 171 Å². The van der Waals surface area contributed by atoms with Gasteiger partial charge in [-0.15, -0.1) is 5.10 Å². The van der Waals surface area contributed by atoms with E-state index >= 15 is 0 Å². The van der Waals surface area contributed by atoms with Gasteiger partial charge in [0.05, 0.1) is 18.8 Å². The molecule has 0 aliphatic carbocycles. The molecule has 0 saturated carbocycles. The average molecular weight is 393 g/mol. The van der Waals surface area contributed by atoms with E-state index in [1.165, 1.54) is 0 Å². The number of benzene rings is 1. The van der Waals surface area contributed by atoms with Gasteiger partial charge in [-0.3, -0.25) is 4.90 Å². The lowest BCUT2D eigenvalue weighted by atomic mass is 9.82. The summed E-state index contributed by atoms with van der Waals surface area (Å²) in [5, 5.41) is 21.6. The summed E-state index contributed by atoms with van der Waals surface area (Å²) in [5.74, 6) is 2.47. The number of likely N-dealkylation sites (tertiary alicyclic amines) is 1. The molecule has 2 aliphatic rings. The van der Waals surface area contributed by atoms with Gasteiger partial charge in [0.25, 0.3) is 0 Å². The zero-order valence-electron chi connectivity index (χ0n) is 17.1. The molecule has 4 heterocycles. The van der Waals surface area contributed by atoms with Crippen LogP contribution in [0.4, 0.5) is 5.82 Å². The number of fused-ring (bicyclic) bond motifs is 2. The second-order valence-electron chi connectivity index (χ2n) is 8.55. The highest BCUT2D eigenvalue weighted by Crippen LogP contribution is 2.44. The van der Waals surface area contributed by atoms with E-state index in [1.807, 2.05) is 25.4 Å². The highest BCUT2D eigenvalue weighted by molar-refractivity contribution is 5.93. The third kappa shape index (κ3) is 3.00. The highest BCUT2D eigenvalue weighted by Gasteiger charge is 2.52. The second kappa shape index (κ2) is 7.07. The molecular weight excluding hydrogens is 364 g/mol. The van der Waals surface area contributed by atoms with Crippen LogP contribution in [0.25, 0.3) is 10.8 Å². The number of nitrogens with zero attached hydrogens (tertiary/aromatic N) is 6. The molecule has 7 heteroatoms. The molecule has 29 heavy (non-hydrogen) atoms. The molecule has 2 aromatic heterocycles. The number of aryl methyl sites for hydroxylation is 2. The fourth-order valence-corrected chi connectivity index (χ4v) is 5.23.